The zero-order valence-electron chi connectivity index (χ0n) is 14.9. The number of rotatable bonds is 8. The Bertz CT molecular complexity index is 680. The minimum atomic E-state index is -0.373. The van der Waals surface area contributed by atoms with E-state index in [1.54, 1.807) is 11.8 Å². The number of hydrogen-bond donors (Lipinski definition) is 0. The molecule has 0 N–H and O–H groups in total. The molecule has 0 saturated carbocycles. The van der Waals surface area contributed by atoms with Crippen molar-refractivity contribution in [2.75, 3.05) is 13.2 Å². The molecule has 0 spiro atoms. The fraction of sp³-hybridized carbons (Fsp3) is 0.333. The molecular weight excluding hydrogens is 314 g/mol. The van der Waals surface area contributed by atoms with Gasteiger partial charge in [-0.25, -0.2) is 0 Å². The highest BCUT2D eigenvalue weighted by molar-refractivity contribution is 5.82. The third-order valence-electron chi connectivity index (χ3n) is 3.94. The maximum Gasteiger partial charge on any atom is 0.325 e. The molecule has 0 heterocycles. The highest BCUT2D eigenvalue weighted by Crippen LogP contribution is 2.10. The topological polar surface area (TPSA) is 46.6 Å². The van der Waals surface area contributed by atoms with Crippen LogP contribution in [0.15, 0.2) is 54.6 Å². The molecule has 2 rings (SSSR count). The number of hydrogen-bond acceptors (Lipinski definition) is 3. The Morgan fingerprint density at radius 2 is 1.64 bits per heavy atom. The molecule has 2 aromatic rings. The summed E-state index contributed by atoms with van der Waals surface area (Å²) < 4.78 is 5.00. The zero-order chi connectivity index (χ0) is 18.1. The van der Waals surface area contributed by atoms with E-state index in [1.165, 1.54) is 5.56 Å². The van der Waals surface area contributed by atoms with Crippen molar-refractivity contribution in [2.24, 2.45) is 0 Å². The minimum Gasteiger partial charge on any atom is -0.465 e. The van der Waals surface area contributed by atoms with Gasteiger partial charge in [0.05, 0.1) is 6.61 Å². The first-order valence-electron chi connectivity index (χ1n) is 8.61. The smallest absolute Gasteiger partial charge is 0.325 e. The van der Waals surface area contributed by atoms with Gasteiger partial charge >= 0.3 is 5.97 Å². The van der Waals surface area contributed by atoms with Crippen molar-refractivity contribution >= 4 is 11.9 Å². The molecule has 0 aliphatic carbocycles. The second kappa shape index (κ2) is 9.62. The molecule has 4 nitrogen and oxygen atoms in total. The SMILES string of the molecule is CCOC(=O)CN(Cc1ccccc1)C(=O)CCc1ccc(C)cc1. The van der Waals surface area contributed by atoms with Crippen LogP contribution in [0.25, 0.3) is 0 Å². The summed E-state index contributed by atoms with van der Waals surface area (Å²) in [5, 5.41) is 0. The lowest BCUT2D eigenvalue weighted by Gasteiger charge is -2.22. The van der Waals surface area contributed by atoms with Crippen LogP contribution >= 0.6 is 0 Å². The molecule has 0 saturated heterocycles. The number of carbonyl (C=O) groups is 2. The van der Waals surface area contributed by atoms with Crippen molar-refractivity contribution in [3.63, 3.8) is 0 Å². The molecule has 0 fully saturated rings. The average molecular weight is 339 g/mol. The summed E-state index contributed by atoms with van der Waals surface area (Å²) in [6.07, 6.45) is 1.03. The minimum absolute atomic E-state index is 0.0184. The number of nitrogens with zero attached hydrogens (tertiary/aromatic N) is 1. The summed E-state index contributed by atoms with van der Waals surface area (Å²) in [6.45, 7) is 4.51. The van der Waals surface area contributed by atoms with Gasteiger partial charge in [-0.05, 0) is 31.4 Å². The van der Waals surface area contributed by atoms with E-state index in [2.05, 4.69) is 0 Å². The lowest BCUT2D eigenvalue weighted by atomic mass is 10.1. The van der Waals surface area contributed by atoms with Gasteiger partial charge < -0.3 is 9.64 Å². The van der Waals surface area contributed by atoms with E-state index in [9.17, 15) is 9.59 Å². The molecule has 4 heteroatoms. The van der Waals surface area contributed by atoms with Gasteiger partial charge in [0.1, 0.15) is 6.54 Å². The van der Waals surface area contributed by atoms with E-state index < -0.39 is 0 Å². The Balaban J connectivity index is 2.00. The molecule has 0 aliphatic rings. The Hall–Kier alpha value is -2.62. The van der Waals surface area contributed by atoms with Crippen molar-refractivity contribution in [1.82, 2.24) is 4.90 Å². The molecule has 0 bridgehead atoms. The van der Waals surface area contributed by atoms with Gasteiger partial charge in [0.25, 0.3) is 0 Å². The van der Waals surface area contributed by atoms with Crippen LogP contribution in [0.4, 0.5) is 0 Å². The van der Waals surface area contributed by atoms with Gasteiger partial charge in [-0.15, -0.1) is 0 Å². The fourth-order valence-corrected chi connectivity index (χ4v) is 2.56. The van der Waals surface area contributed by atoms with E-state index in [0.29, 0.717) is 26.0 Å². The summed E-state index contributed by atoms with van der Waals surface area (Å²) in [5.74, 6) is -0.417. The molecule has 0 aliphatic heterocycles. The van der Waals surface area contributed by atoms with Crippen LogP contribution in [0.1, 0.15) is 30.0 Å². The zero-order valence-corrected chi connectivity index (χ0v) is 14.9. The van der Waals surface area contributed by atoms with E-state index in [1.807, 2.05) is 61.5 Å². The highest BCUT2D eigenvalue weighted by atomic mass is 16.5. The molecule has 0 radical (unpaired) electrons. The van der Waals surface area contributed by atoms with Crippen LogP contribution in [-0.2, 0) is 27.3 Å². The maximum atomic E-state index is 12.6. The number of esters is 1. The number of ether oxygens (including phenoxy) is 1. The predicted octanol–water partition coefficient (Wildman–Crippen LogP) is 3.52. The number of amides is 1. The van der Waals surface area contributed by atoms with E-state index in [-0.39, 0.29) is 18.4 Å². The van der Waals surface area contributed by atoms with Crippen LogP contribution in [-0.4, -0.2) is 29.9 Å². The van der Waals surface area contributed by atoms with E-state index in [0.717, 1.165) is 11.1 Å². The highest BCUT2D eigenvalue weighted by Gasteiger charge is 2.18. The Kier molecular flexibility index (Phi) is 7.20. The van der Waals surface area contributed by atoms with Gasteiger partial charge in [0, 0.05) is 13.0 Å². The summed E-state index contributed by atoms with van der Waals surface area (Å²) in [7, 11) is 0. The number of benzene rings is 2. The molecular formula is C21H25NO3. The standard InChI is InChI=1S/C21H25NO3/c1-3-25-21(24)16-22(15-19-7-5-4-6-8-19)20(23)14-13-18-11-9-17(2)10-12-18/h4-12H,3,13-16H2,1-2H3. The predicted molar refractivity (Wildman–Crippen MR) is 98.0 cm³/mol. The average Bonchev–Trinajstić information content (AvgIpc) is 2.61. The van der Waals surface area contributed by atoms with Crippen LogP contribution in [0.5, 0.6) is 0 Å². The van der Waals surface area contributed by atoms with Crippen LogP contribution in [0.3, 0.4) is 0 Å². The first-order chi connectivity index (χ1) is 12.1. The second-order valence-corrected chi connectivity index (χ2v) is 6.03. The monoisotopic (exact) mass is 339 g/mol. The summed E-state index contributed by atoms with van der Waals surface area (Å²) in [4.78, 5) is 26.1. The lowest BCUT2D eigenvalue weighted by molar-refractivity contribution is -0.149. The van der Waals surface area contributed by atoms with Crippen LogP contribution < -0.4 is 0 Å². The molecule has 0 unspecified atom stereocenters. The van der Waals surface area contributed by atoms with Crippen LogP contribution in [0.2, 0.25) is 0 Å². The summed E-state index contributed by atoms with van der Waals surface area (Å²) in [5.41, 5.74) is 3.31. The summed E-state index contributed by atoms with van der Waals surface area (Å²) >= 11 is 0. The third kappa shape index (κ3) is 6.42. The lowest BCUT2D eigenvalue weighted by Crippen LogP contribution is -2.36. The van der Waals surface area contributed by atoms with Gasteiger partial charge in [-0.1, -0.05) is 60.2 Å². The Labute approximate surface area is 149 Å². The molecule has 25 heavy (non-hydrogen) atoms. The molecule has 1 amide bonds. The quantitative estimate of drug-likeness (QED) is 0.691. The normalized spacial score (nSPS) is 10.3. The molecule has 2 aromatic carbocycles. The van der Waals surface area contributed by atoms with E-state index in [4.69, 9.17) is 4.74 Å². The van der Waals surface area contributed by atoms with Gasteiger partial charge in [0.15, 0.2) is 0 Å². The van der Waals surface area contributed by atoms with Crippen molar-refractivity contribution in [2.45, 2.75) is 33.2 Å². The molecule has 132 valence electrons. The number of carbonyl (C=O) groups excluding carboxylic acids is 2. The van der Waals surface area contributed by atoms with Crippen LogP contribution in [0, 0.1) is 6.92 Å². The van der Waals surface area contributed by atoms with Crippen molar-refractivity contribution in [3.05, 3.63) is 71.3 Å². The van der Waals surface area contributed by atoms with Gasteiger partial charge in [0.2, 0.25) is 5.91 Å². The first kappa shape index (κ1) is 18.7. The van der Waals surface area contributed by atoms with Crippen molar-refractivity contribution in [3.8, 4) is 0 Å². The van der Waals surface area contributed by atoms with Crippen molar-refractivity contribution in [1.29, 1.82) is 0 Å². The third-order valence-corrected chi connectivity index (χ3v) is 3.94. The van der Waals surface area contributed by atoms with E-state index >= 15 is 0 Å². The largest absolute Gasteiger partial charge is 0.465 e. The second-order valence-electron chi connectivity index (χ2n) is 6.03. The van der Waals surface area contributed by atoms with Crippen molar-refractivity contribution < 1.29 is 14.3 Å². The number of aryl methyl sites for hydroxylation is 2. The first-order valence-corrected chi connectivity index (χ1v) is 8.61. The fourth-order valence-electron chi connectivity index (χ4n) is 2.56. The molecule has 0 atom stereocenters. The Morgan fingerprint density at radius 3 is 2.28 bits per heavy atom. The maximum absolute atomic E-state index is 12.6. The Morgan fingerprint density at radius 1 is 0.960 bits per heavy atom. The van der Waals surface area contributed by atoms with Gasteiger partial charge in [-0.2, -0.15) is 0 Å². The van der Waals surface area contributed by atoms with Gasteiger partial charge in [-0.3, -0.25) is 9.59 Å². The molecule has 0 aromatic heterocycles. The summed E-state index contributed by atoms with van der Waals surface area (Å²) in [6, 6.07) is 17.8.